The lowest BCUT2D eigenvalue weighted by molar-refractivity contribution is 0.609. The third-order valence-corrected chi connectivity index (χ3v) is 1.48. The SMILES string of the molecule is C=CCCc1[c]cccc1F. The minimum absolute atomic E-state index is 0.172. The van der Waals surface area contributed by atoms with Gasteiger partial charge in [-0.15, -0.1) is 6.58 Å². The first-order valence-electron chi connectivity index (χ1n) is 3.60. The minimum atomic E-state index is -0.172. The lowest BCUT2D eigenvalue weighted by Crippen LogP contribution is -1.88. The van der Waals surface area contributed by atoms with Crippen LogP contribution >= 0.6 is 0 Å². The Kier molecular flexibility index (Phi) is 2.84. The van der Waals surface area contributed by atoms with Crippen molar-refractivity contribution in [3.05, 3.63) is 48.3 Å². The molecule has 0 aliphatic heterocycles. The first-order chi connectivity index (χ1) is 5.34. The van der Waals surface area contributed by atoms with Gasteiger partial charge < -0.3 is 0 Å². The van der Waals surface area contributed by atoms with E-state index in [1.165, 1.54) is 6.07 Å². The molecule has 0 aliphatic rings. The summed E-state index contributed by atoms with van der Waals surface area (Å²) in [5.41, 5.74) is 0.646. The van der Waals surface area contributed by atoms with Crippen LogP contribution in [0.25, 0.3) is 0 Å². The van der Waals surface area contributed by atoms with Gasteiger partial charge >= 0.3 is 0 Å². The van der Waals surface area contributed by atoms with Gasteiger partial charge in [-0.05, 0) is 30.5 Å². The maximum Gasteiger partial charge on any atom is 0.127 e. The summed E-state index contributed by atoms with van der Waals surface area (Å²) in [6.45, 7) is 3.57. The molecule has 1 aromatic carbocycles. The monoisotopic (exact) mass is 149 g/mol. The summed E-state index contributed by atoms with van der Waals surface area (Å²) in [7, 11) is 0. The second kappa shape index (κ2) is 3.91. The van der Waals surface area contributed by atoms with Gasteiger partial charge in [-0.2, -0.15) is 0 Å². The maximum absolute atomic E-state index is 12.8. The van der Waals surface area contributed by atoms with Gasteiger partial charge in [0.05, 0.1) is 0 Å². The average Bonchev–Trinajstić information content (AvgIpc) is 2.03. The van der Waals surface area contributed by atoms with Crippen LogP contribution in [0.1, 0.15) is 12.0 Å². The molecule has 11 heavy (non-hydrogen) atoms. The van der Waals surface area contributed by atoms with Crippen LogP contribution in [0.15, 0.2) is 30.9 Å². The molecule has 57 valence electrons. The fourth-order valence-corrected chi connectivity index (χ4v) is 0.889. The highest BCUT2D eigenvalue weighted by Gasteiger charge is 1.97. The lowest BCUT2D eigenvalue weighted by atomic mass is 10.1. The van der Waals surface area contributed by atoms with Gasteiger partial charge in [0.2, 0.25) is 0 Å². The lowest BCUT2D eigenvalue weighted by Gasteiger charge is -1.97. The van der Waals surface area contributed by atoms with Crippen LogP contribution in [0.2, 0.25) is 0 Å². The fourth-order valence-electron chi connectivity index (χ4n) is 0.889. The molecule has 0 spiro atoms. The highest BCUT2D eigenvalue weighted by Crippen LogP contribution is 2.07. The van der Waals surface area contributed by atoms with Gasteiger partial charge in [-0.25, -0.2) is 4.39 Å². The number of halogens is 1. The molecule has 0 bridgehead atoms. The van der Waals surface area contributed by atoms with Crippen LogP contribution in [-0.2, 0) is 6.42 Å². The van der Waals surface area contributed by atoms with Crippen LogP contribution < -0.4 is 0 Å². The Hall–Kier alpha value is -1.11. The highest BCUT2D eigenvalue weighted by atomic mass is 19.1. The topological polar surface area (TPSA) is 0 Å². The second-order valence-corrected chi connectivity index (χ2v) is 2.32. The summed E-state index contributed by atoms with van der Waals surface area (Å²) < 4.78 is 12.8. The molecule has 1 radical (unpaired) electrons. The van der Waals surface area contributed by atoms with Crippen molar-refractivity contribution in [2.45, 2.75) is 12.8 Å². The molecule has 0 unspecified atom stereocenters. The Bertz CT molecular complexity index is 240. The quantitative estimate of drug-likeness (QED) is 0.580. The summed E-state index contributed by atoms with van der Waals surface area (Å²) in [6.07, 6.45) is 3.27. The number of allylic oxidation sites excluding steroid dienone is 1. The smallest absolute Gasteiger partial charge is 0.127 e. The van der Waals surface area contributed by atoms with Crippen molar-refractivity contribution in [2.24, 2.45) is 0 Å². The zero-order valence-electron chi connectivity index (χ0n) is 6.31. The van der Waals surface area contributed by atoms with Crippen molar-refractivity contribution >= 4 is 0 Å². The zero-order chi connectivity index (χ0) is 8.10. The van der Waals surface area contributed by atoms with Crippen molar-refractivity contribution in [3.8, 4) is 0 Å². The molecule has 0 amide bonds. The largest absolute Gasteiger partial charge is 0.207 e. The van der Waals surface area contributed by atoms with Gasteiger partial charge in [0.15, 0.2) is 0 Å². The van der Waals surface area contributed by atoms with E-state index in [1.807, 2.05) is 0 Å². The Labute approximate surface area is 66.4 Å². The molecule has 0 aliphatic carbocycles. The van der Waals surface area contributed by atoms with E-state index in [-0.39, 0.29) is 5.82 Å². The Morgan fingerprint density at radius 2 is 2.45 bits per heavy atom. The zero-order valence-corrected chi connectivity index (χ0v) is 6.31. The molecule has 1 aromatic rings. The summed E-state index contributed by atoms with van der Waals surface area (Å²) in [5, 5.41) is 0. The van der Waals surface area contributed by atoms with E-state index in [0.717, 1.165) is 6.42 Å². The Balaban J connectivity index is 2.69. The number of hydrogen-bond donors (Lipinski definition) is 0. The summed E-state index contributed by atoms with van der Waals surface area (Å²) in [5.74, 6) is -0.172. The van der Waals surface area contributed by atoms with E-state index in [9.17, 15) is 4.39 Å². The van der Waals surface area contributed by atoms with Crippen molar-refractivity contribution in [2.75, 3.05) is 0 Å². The molecule has 0 atom stereocenters. The molecule has 0 aromatic heterocycles. The third-order valence-electron chi connectivity index (χ3n) is 1.48. The first-order valence-corrected chi connectivity index (χ1v) is 3.60. The molecule has 0 N–H and O–H groups in total. The number of hydrogen-bond acceptors (Lipinski definition) is 0. The normalized spacial score (nSPS) is 9.55. The predicted molar refractivity (Wildman–Crippen MR) is 43.8 cm³/mol. The van der Waals surface area contributed by atoms with Crippen molar-refractivity contribution in [3.63, 3.8) is 0 Å². The van der Waals surface area contributed by atoms with Crippen molar-refractivity contribution < 1.29 is 4.39 Å². The van der Waals surface area contributed by atoms with Crippen molar-refractivity contribution in [1.29, 1.82) is 0 Å². The summed E-state index contributed by atoms with van der Waals surface area (Å²) in [4.78, 5) is 0. The molecule has 1 rings (SSSR count). The standard InChI is InChI=1S/C10H10F/c1-2-3-6-9-7-4-5-8-10(9)11/h2,4-5,8H,1,3,6H2. The summed E-state index contributed by atoms with van der Waals surface area (Å²) >= 11 is 0. The van der Waals surface area contributed by atoms with Gasteiger partial charge in [0.25, 0.3) is 0 Å². The van der Waals surface area contributed by atoms with E-state index < -0.39 is 0 Å². The number of benzene rings is 1. The van der Waals surface area contributed by atoms with Gasteiger partial charge in [0, 0.05) is 0 Å². The van der Waals surface area contributed by atoms with Crippen LogP contribution in [-0.4, -0.2) is 0 Å². The first kappa shape index (κ1) is 7.99. The molecule has 0 fully saturated rings. The molecular formula is C10H10F. The van der Waals surface area contributed by atoms with E-state index >= 15 is 0 Å². The average molecular weight is 149 g/mol. The van der Waals surface area contributed by atoms with Crippen LogP contribution in [0.4, 0.5) is 4.39 Å². The third kappa shape index (κ3) is 2.19. The Morgan fingerprint density at radius 1 is 1.64 bits per heavy atom. The van der Waals surface area contributed by atoms with Gasteiger partial charge in [-0.3, -0.25) is 0 Å². The van der Waals surface area contributed by atoms with Crippen LogP contribution in [0, 0.1) is 11.9 Å². The fraction of sp³-hybridized carbons (Fsp3) is 0.200. The van der Waals surface area contributed by atoms with Crippen molar-refractivity contribution in [1.82, 2.24) is 0 Å². The Morgan fingerprint density at radius 3 is 3.09 bits per heavy atom. The highest BCUT2D eigenvalue weighted by molar-refractivity contribution is 5.16. The van der Waals surface area contributed by atoms with Gasteiger partial charge in [0.1, 0.15) is 5.82 Å². The van der Waals surface area contributed by atoms with E-state index in [2.05, 4.69) is 12.6 Å². The van der Waals surface area contributed by atoms with E-state index in [0.29, 0.717) is 12.0 Å². The molecule has 0 nitrogen and oxygen atoms in total. The van der Waals surface area contributed by atoms with Gasteiger partial charge in [-0.1, -0.05) is 18.2 Å². The molecule has 0 saturated carbocycles. The number of rotatable bonds is 3. The maximum atomic E-state index is 12.8. The molecule has 1 heteroatoms. The second-order valence-electron chi connectivity index (χ2n) is 2.32. The summed E-state index contributed by atoms with van der Waals surface area (Å²) in [6, 6.07) is 7.67. The van der Waals surface area contributed by atoms with Crippen LogP contribution in [0.5, 0.6) is 0 Å². The van der Waals surface area contributed by atoms with Crippen LogP contribution in [0.3, 0.4) is 0 Å². The molecule has 0 heterocycles. The molecule has 0 saturated heterocycles. The molecular weight excluding hydrogens is 139 g/mol. The number of aryl methyl sites for hydroxylation is 1. The van der Waals surface area contributed by atoms with E-state index in [1.54, 1.807) is 18.2 Å². The van der Waals surface area contributed by atoms with E-state index in [4.69, 9.17) is 0 Å². The predicted octanol–water partition coefficient (Wildman–Crippen LogP) is 2.74. The minimum Gasteiger partial charge on any atom is -0.207 e.